The van der Waals surface area contributed by atoms with Gasteiger partial charge in [0.1, 0.15) is 0 Å². The molecular formula is C22H24ClN3O. The molecule has 1 heterocycles. The van der Waals surface area contributed by atoms with Gasteiger partial charge in [0.2, 0.25) is 0 Å². The van der Waals surface area contributed by atoms with Crippen molar-refractivity contribution in [3.05, 3.63) is 70.1 Å². The summed E-state index contributed by atoms with van der Waals surface area (Å²) in [6.07, 6.45) is 0.317. The number of rotatable bonds is 5. The fourth-order valence-corrected chi connectivity index (χ4v) is 3.44. The van der Waals surface area contributed by atoms with Gasteiger partial charge in [0.05, 0.1) is 12.5 Å². The molecule has 0 saturated heterocycles. The number of halogens is 1. The van der Waals surface area contributed by atoms with Crippen LogP contribution in [0.2, 0.25) is 0 Å². The third-order valence-electron chi connectivity index (χ3n) is 4.53. The van der Waals surface area contributed by atoms with Crippen LogP contribution in [0.3, 0.4) is 0 Å². The lowest BCUT2D eigenvalue weighted by Gasteiger charge is -2.21. The maximum Gasteiger partial charge on any atom is 0.258 e. The van der Waals surface area contributed by atoms with Crippen LogP contribution in [0.1, 0.15) is 25.1 Å². The predicted molar refractivity (Wildman–Crippen MR) is 113 cm³/mol. The number of nitriles is 1. The van der Waals surface area contributed by atoms with Crippen LogP contribution in [0, 0.1) is 17.2 Å². The highest BCUT2D eigenvalue weighted by Gasteiger charge is 2.18. The van der Waals surface area contributed by atoms with Crippen LogP contribution in [0.25, 0.3) is 21.9 Å². The molecule has 2 aromatic carbocycles. The molecule has 27 heavy (non-hydrogen) atoms. The van der Waals surface area contributed by atoms with Gasteiger partial charge >= 0.3 is 0 Å². The second-order valence-electron chi connectivity index (χ2n) is 6.92. The van der Waals surface area contributed by atoms with E-state index < -0.39 is 0 Å². The molecule has 0 amide bonds. The Kier molecular flexibility index (Phi) is 6.79. The predicted octanol–water partition coefficient (Wildman–Crippen LogP) is 4.27. The van der Waals surface area contributed by atoms with Gasteiger partial charge in [-0.3, -0.25) is 4.79 Å². The summed E-state index contributed by atoms with van der Waals surface area (Å²) in [5, 5.41) is 10.6. The maximum absolute atomic E-state index is 13.1. The van der Waals surface area contributed by atoms with Crippen molar-refractivity contribution >= 4 is 23.2 Å². The minimum atomic E-state index is -0.0164. The van der Waals surface area contributed by atoms with Crippen LogP contribution in [0.4, 0.5) is 0 Å². The Labute approximate surface area is 165 Å². The standard InChI is InChI=1S/C22H23N3O.ClH/c1-15(2)14-25-20(13-24)21(17-6-4-3-5-7-17)19-12-16(10-11-23)8-9-18(19)22(25)26;/h3-9,12,15H,10,13-14,24H2,1-2H3;1H. The van der Waals surface area contributed by atoms with Gasteiger partial charge in [-0.05, 0) is 34.6 Å². The third-order valence-corrected chi connectivity index (χ3v) is 4.53. The summed E-state index contributed by atoms with van der Waals surface area (Å²) in [6, 6.07) is 17.9. The van der Waals surface area contributed by atoms with Gasteiger partial charge in [-0.25, -0.2) is 0 Å². The molecule has 0 fully saturated rings. The van der Waals surface area contributed by atoms with Crippen molar-refractivity contribution in [1.82, 2.24) is 4.57 Å². The van der Waals surface area contributed by atoms with Gasteiger partial charge in [0.15, 0.2) is 0 Å². The van der Waals surface area contributed by atoms with Crippen molar-refractivity contribution in [2.75, 3.05) is 0 Å². The van der Waals surface area contributed by atoms with Crippen molar-refractivity contribution in [3.8, 4) is 17.2 Å². The lowest BCUT2D eigenvalue weighted by Crippen LogP contribution is -2.28. The zero-order valence-electron chi connectivity index (χ0n) is 15.6. The lowest BCUT2D eigenvalue weighted by molar-refractivity contribution is 0.499. The number of fused-ring (bicyclic) bond motifs is 1. The fourth-order valence-electron chi connectivity index (χ4n) is 3.44. The third kappa shape index (κ3) is 4.05. The largest absolute Gasteiger partial charge is 0.325 e. The van der Waals surface area contributed by atoms with E-state index in [0.29, 0.717) is 24.3 Å². The molecule has 0 aliphatic rings. The van der Waals surface area contributed by atoms with Crippen LogP contribution >= 0.6 is 12.4 Å². The van der Waals surface area contributed by atoms with Gasteiger partial charge in [-0.1, -0.05) is 50.2 Å². The average Bonchev–Trinajstić information content (AvgIpc) is 2.64. The van der Waals surface area contributed by atoms with Crippen LogP contribution in [-0.4, -0.2) is 4.57 Å². The maximum atomic E-state index is 13.1. The summed E-state index contributed by atoms with van der Waals surface area (Å²) in [5.74, 6) is 0.330. The Balaban J connectivity index is 0.00000261. The van der Waals surface area contributed by atoms with E-state index in [9.17, 15) is 4.79 Å². The first-order valence-electron chi connectivity index (χ1n) is 8.87. The molecule has 2 N–H and O–H groups in total. The van der Waals surface area contributed by atoms with Crippen molar-refractivity contribution in [1.29, 1.82) is 5.26 Å². The Bertz CT molecular complexity index is 1030. The van der Waals surface area contributed by atoms with Gasteiger partial charge in [-0.15, -0.1) is 12.4 Å². The first-order chi connectivity index (χ1) is 12.6. The number of aromatic nitrogens is 1. The number of hydrogen-bond acceptors (Lipinski definition) is 3. The molecule has 3 aromatic rings. The molecule has 140 valence electrons. The molecular weight excluding hydrogens is 358 g/mol. The molecule has 5 heteroatoms. The van der Waals surface area contributed by atoms with Crippen LogP contribution in [-0.2, 0) is 19.5 Å². The minimum Gasteiger partial charge on any atom is -0.325 e. The van der Waals surface area contributed by atoms with E-state index in [1.807, 2.05) is 53.1 Å². The van der Waals surface area contributed by atoms with E-state index in [1.165, 1.54) is 0 Å². The zero-order chi connectivity index (χ0) is 18.7. The van der Waals surface area contributed by atoms with Crippen molar-refractivity contribution in [3.63, 3.8) is 0 Å². The molecule has 1 aromatic heterocycles. The van der Waals surface area contributed by atoms with E-state index in [0.717, 1.165) is 27.8 Å². The van der Waals surface area contributed by atoms with Crippen LogP contribution < -0.4 is 11.3 Å². The normalized spacial score (nSPS) is 10.6. The Hall–Kier alpha value is -2.61. The van der Waals surface area contributed by atoms with E-state index in [2.05, 4.69) is 19.9 Å². The Morgan fingerprint density at radius 2 is 1.81 bits per heavy atom. The highest BCUT2D eigenvalue weighted by atomic mass is 35.5. The molecule has 0 radical (unpaired) electrons. The summed E-state index contributed by atoms with van der Waals surface area (Å²) >= 11 is 0. The number of hydrogen-bond donors (Lipinski definition) is 1. The van der Waals surface area contributed by atoms with Crippen molar-refractivity contribution in [2.24, 2.45) is 11.7 Å². The van der Waals surface area contributed by atoms with Crippen molar-refractivity contribution < 1.29 is 0 Å². The molecule has 0 spiro atoms. The molecule has 3 rings (SSSR count). The smallest absolute Gasteiger partial charge is 0.258 e. The van der Waals surface area contributed by atoms with Crippen LogP contribution in [0.15, 0.2) is 53.3 Å². The molecule has 4 nitrogen and oxygen atoms in total. The molecule has 0 unspecified atom stereocenters. The zero-order valence-corrected chi connectivity index (χ0v) is 16.4. The minimum absolute atomic E-state index is 0. The van der Waals surface area contributed by atoms with Crippen molar-refractivity contribution in [2.45, 2.75) is 33.4 Å². The fraction of sp³-hybridized carbons (Fsp3) is 0.273. The number of nitrogens with zero attached hydrogens (tertiary/aromatic N) is 2. The van der Waals surface area contributed by atoms with Gasteiger partial charge < -0.3 is 10.3 Å². The summed E-state index contributed by atoms with van der Waals surface area (Å²) in [5.41, 5.74) is 9.86. The SMILES string of the molecule is CC(C)Cn1c(CN)c(-c2ccccc2)c2cc(CC#N)ccc2c1=O.Cl. The molecule has 0 bridgehead atoms. The Morgan fingerprint density at radius 3 is 2.41 bits per heavy atom. The molecule has 0 atom stereocenters. The number of nitrogens with two attached hydrogens (primary N) is 1. The Morgan fingerprint density at radius 1 is 1.11 bits per heavy atom. The highest BCUT2D eigenvalue weighted by Crippen LogP contribution is 2.31. The van der Waals surface area contributed by atoms with E-state index in [-0.39, 0.29) is 24.5 Å². The second-order valence-corrected chi connectivity index (χ2v) is 6.92. The van der Waals surface area contributed by atoms with E-state index in [4.69, 9.17) is 11.0 Å². The van der Waals surface area contributed by atoms with Gasteiger partial charge in [-0.2, -0.15) is 5.26 Å². The quantitative estimate of drug-likeness (QED) is 0.717. The summed E-state index contributed by atoms with van der Waals surface area (Å²) in [4.78, 5) is 13.1. The first kappa shape index (κ1) is 20.7. The summed E-state index contributed by atoms with van der Waals surface area (Å²) in [6.45, 7) is 5.09. The monoisotopic (exact) mass is 381 g/mol. The molecule has 0 aliphatic heterocycles. The summed E-state index contributed by atoms with van der Waals surface area (Å²) in [7, 11) is 0. The highest BCUT2D eigenvalue weighted by molar-refractivity contribution is 5.97. The van der Waals surface area contributed by atoms with E-state index >= 15 is 0 Å². The molecule has 0 saturated carbocycles. The second kappa shape index (κ2) is 8.85. The topological polar surface area (TPSA) is 71.8 Å². The van der Waals surface area contributed by atoms with Crippen LogP contribution in [0.5, 0.6) is 0 Å². The average molecular weight is 382 g/mol. The number of pyridine rings is 1. The molecule has 0 aliphatic carbocycles. The van der Waals surface area contributed by atoms with E-state index in [1.54, 1.807) is 0 Å². The number of benzene rings is 2. The lowest BCUT2D eigenvalue weighted by atomic mass is 9.94. The van der Waals surface area contributed by atoms with Gasteiger partial charge in [0, 0.05) is 29.7 Å². The first-order valence-corrected chi connectivity index (χ1v) is 8.87. The van der Waals surface area contributed by atoms with Gasteiger partial charge in [0.25, 0.3) is 5.56 Å². The summed E-state index contributed by atoms with van der Waals surface area (Å²) < 4.78 is 1.82.